The highest BCUT2D eigenvalue weighted by molar-refractivity contribution is 5.98. The predicted molar refractivity (Wildman–Crippen MR) is 71.2 cm³/mol. The number of aromatic nitrogens is 3. The molecule has 9 heteroatoms. The monoisotopic (exact) mass is 291 g/mol. The van der Waals surface area contributed by atoms with E-state index >= 15 is 0 Å². The summed E-state index contributed by atoms with van der Waals surface area (Å²) in [6.07, 6.45) is -1.69. The van der Waals surface area contributed by atoms with Crippen LogP contribution >= 0.6 is 0 Å². The summed E-state index contributed by atoms with van der Waals surface area (Å²) in [4.78, 5) is 11.3. The lowest BCUT2D eigenvalue weighted by Gasteiger charge is -2.17. The standard InChI is InChI=1S/C12H13N5O4/c1-14-5-2-17(11-7(5)10(13)15-4-16-11)12-9(20)8(19)6(3-18)21-12/h2,4,6,8-9,12,18-20H,3H2,(H2,13,15,16)/t6-,8-,9-,12-/m1/s1. The minimum absolute atomic E-state index is 0.150. The molecule has 0 spiro atoms. The molecule has 3 rings (SSSR count). The normalized spacial score (nSPS) is 28.9. The van der Waals surface area contributed by atoms with Crippen LogP contribution < -0.4 is 5.73 Å². The van der Waals surface area contributed by atoms with Gasteiger partial charge in [-0.25, -0.2) is 14.8 Å². The van der Waals surface area contributed by atoms with Crippen molar-refractivity contribution >= 4 is 22.5 Å². The molecule has 0 amide bonds. The van der Waals surface area contributed by atoms with E-state index in [0.717, 1.165) is 0 Å². The summed E-state index contributed by atoms with van der Waals surface area (Å²) in [6.45, 7) is 6.75. The Morgan fingerprint density at radius 3 is 2.76 bits per heavy atom. The summed E-state index contributed by atoms with van der Waals surface area (Å²) < 4.78 is 6.86. The first-order valence-corrected chi connectivity index (χ1v) is 6.19. The third-order valence-electron chi connectivity index (χ3n) is 3.53. The van der Waals surface area contributed by atoms with Crippen LogP contribution in [0.2, 0.25) is 0 Å². The first kappa shape index (κ1) is 13.7. The molecule has 1 aliphatic rings. The van der Waals surface area contributed by atoms with Crippen LogP contribution in [0.15, 0.2) is 12.5 Å². The van der Waals surface area contributed by atoms with E-state index in [1.54, 1.807) is 0 Å². The third kappa shape index (κ3) is 1.93. The predicted octanol–water partition coefficient (Wildman–Crippen LogP) is -0.824. The van der Waals surface area contributed by atoms with Crippen LogP contribution in [0, 0.1) is 6.57 Å². The van der Waals surface area contributed by atoms with Crippen LogP contribution in [-0.4, -0.2) is 54.8 Å². The molecule has 9 nitrogen and oxygen atoms in total. The van der Waals surface area contributed by atoms with Crippen molar-refractivity contribution in [2.24, 2.45) is 0 Å². The van der Waals surface area contributed by atoms with Crippen LogP contribution in [-0.2, 0) is 4.74 Å². The Balaban J connectivity index is 2.14. The van der Waals surface area contributed by atoms with E-state index in [4.69, 9.17) is 22.1 Å². The van der Waals surface area contributed by atoms with E-state index in [9.17, 15) is 10.2 Å². The van der Waals surface area contributed by atoms with Crippen LogP contribution in [0.25, 0.3) is 15.9 Å². The number of aliphatic hydroxyl groups is 3. The van der Waals surface area contributed by atoms with Gasteiger partial charge in [0.1, 0.15) is 36.1 Å². The molecule has 110 valence electrons. The van der Waals surface area contributed by atoms with E-state index in [1.165, 1.54) is 17.1 Å². The number of aliphatic hydroxyl groups excluding tert-OH is 3. The molecule has 0 radical (unpaired) electrons. The number of hydrogen-bond acceptors (Lipinski definition) is 7. The first-order valence-electron chi connectivity index (χ1n) is 6.19. The maximum atomic E-state index is 10.1. The van der Waals surface area contributed by atoms with Gasteiger partial charge in [-0.2, -0.15) is 0 Å². The molecule has 0 aliphatic carbocycles. The van der Waals surface area contributed by atoms with Gasteiger partial charge in [0.25, 0.3) is 0 Å². The Morgan fingerprint density at radius 2 is 2.14 bits per heavy atom. The number of ether oxygens (including phenoxy) is 1. The van der Waals surface area contributed by atoms with Gasteiger partial charge in [0, 0.05) is 6.20 Å². The summed E-state index contributed by atoms with van der Waals surface area (Å²) in [5, 5.41) is 29.4. The Labute approximate surface area is 119 Å². The van der Waals surface area contributed by atoms with Crippen LogP contribution in [0.4, 0.5) is 11.5 Å². The maximum Gasteiger partial charge on any atom is 0.217 e. The molecule has 1 fully saturated rings. The Kier molecular flexibility index (Phi) is 3.23. The molecule has 1 saturated heterocycles. The topological polar surface area (TPSA) is 131 Å². The molecular weight excluding hydrogens is 278 g/mol. The molecule has 1 aliphatic heterocycles. The van der Waals surface area contributed by atoms with Crippen LogP contribution in [0.3, 0.4) is 0 Å². The summed E-state index contributed by atoms with van der Waals surface area (Å²) in [7, 11) is 0. The van der Waals surface area contributed by atoms with E-state index in [0.29, 0.717) is 11.0 Å². The molecule has 21 heavy (non-hydrogen) atoms. The van der Waals surface area contributed by atoms with Crippen molar-refractivity contribution in [2.45, 2.75) is 24.5 Å². The van der Waals surface area contributed by atoms with Crippen molar-refractivity contribution in [1.29, 1.82) is 0 Å². The number of nitrogens with zero attached hydrogens (tertiary/aromatic N) is 4. The van der Waals surface area contributed by atoms with Gasteiger partial charge in [0.2, 0.25) is 5.69 Å². The maximum absolute atomic E-state index is 10.1. The summed E-state index contributed by atoms with van der Waals surface area (Å²) >= 11 is 0. The van der Waals surface area contributed by atoms with Crippen molar-refractivity contribution in [1.82, 2.24) is 14.5 Å². The van der Waals surface area contributed by atoms with E-state index < -0.39 is 31.1 Å². The highest BCUT2D eigenvalue weighted by Gasteiger charge is 2.44. The SMILES string of the molecule is [C-]#[N+]c1cn([C@@H]2O[C@H](CO)[C@@H](O)[C@H]2O)c2ncnc(N)c12. The zero-order valence-corrected chi connectivity index (χ0v) is 10.8. The fourth-order valence-electron chi connectivity index (χ4n) is 2.48. The molecule has 3 heterocycles. The minimum atomic E-state index is -1.26. The number of nitrogen functional groups attached to an aromatic ring is 1. The van der Waals surface area contributed by atoms with Gasteiger partial charge >= 0.3 is 0 Å². The van der Waals surface area contributed by atoms with Crippen LogP contribution in [0.1, 0.15) is 6.23 Å². The molecule has 2 aromatic rings. The smallest absolute Gasteiger partial charge is 0.217 e. The van der Waals surface area contributed by atoms with Crippen molar-refractivity contribution in [3.05, 3.63) is 23.9 Å². The highest BCUT2D eigenvalue weighted by Crippen LogP contribution is 2.37. The van der Waals surface area contributed by atoms with Crippen molar-refractivity contribution in [3.8, 4) is 0 Å². The average Bonchev–Trinajstić information content (AvgIpc) is 2.99. The number of fused-ring (bicyclic) bond motifs is 1. The first-order chi connectivity index (χ1) is 10.1. The highest BCUT2D eigenvalue weighted by atomic mass is 16.6. The molecule has 2 aromatic heterocycles. The van der Waals surface area contributed by atoms with Crippen LogP contribution in [0.5, 0.6) is 0 Å². The third-order valence-corrected chi connectivity index (χ3v) is 3.53. The van der Waals surface area contributed by atoms with Crippen molar-refractivity contribution < 1.29 is 20.1 Å². The van der Waals surface area contributed by atoms with Crippen molar-refractivity contribution in [2.75, 3.05) is 12.3 Å². The number of hydrogen-bond donors (Lipinski definition) is 4. The fraction of sp³-hybridized carbons (Fsp3) is 0.417. The summed E-state index contributed by atoms with van der Waals surface area (Å²) in [5.41, 5.74) is 6.31. The molecule has 0 bridgehead atoms. The van der Waals surface area contributed by atoms with E-state index in [1.807, 2.05) is 0 Å². The zero-order chi connectivity index (χ0) is 15.1. The zero-order valence-electron chi connectivity index (χ0n) is 10.8. The van der Waals surface area contributed by atoms with E-state index in [2.05, 4.69) is 14.8 Å². The Bertz CT molecular complexity index is 724. The van der Waals surface area contributed by atoms with Gasteiger partial charge in [0.05, 0.1) is 18.6 Å². The largest absolute Gasteiger partial charge is 0.394 e. The van der Waals surface area contributed by atoms with Crippen molar-refractivity contribution in [3.63, 3.8) is 0 Å². The second-order valence-electron chi connectivity index (χ2n) is 4.72. The second-order valence-corrected chi connectivity index (χ2v) is 4.72. The van der Waals surface area contributed by atoms with Gasteiger partial charge in [-0.05, 0) is 0 Å². The second kappa shape index (κ2) is 4.94. The molecular formula is C12H13N5O4. The summed E-state index contributed by atoms with van der Waals surface area (Å²) in [5.74, 6) is 0.150. The Hall–Kier alpha value is -2.25. The molecule has 0 unspecified atom stereocenters. The lowest BCUT2D eigenvalue weighted by atomic mass is 10.1. The van der Waals surface area contributed by atoms with Gasteiger partial charge < -0.3 is 30.4 Å². The number of anilines is 1. The average molecular weight is 291 g/mol. The van der Waals surface area contributed by atoms with Gasteiger partial charge in [-0.3, -0.25) is 0 Å². The molecule has 5 N–H and O–H groups in total. The summed E-state index contributed by atoms with van der Waals surface area (Å²) in [6, 6.07) is 0. The van der Waals surface area contributed by atoms with Gasteiger partial charge in [-0.1, -0.05) is 0 Å². The lowest BCUT2D eigenvalue weighted by Crippen LogP contribution is -2.33. The van der Waals surface area contributed by atoms with E-state index in [-0.39, 0.29) is 11.5 Å². The number of nitrogens with two attached hydrogens (primary N) is 1. The molecule has 0 saturated carbocycles. The van der Waals surface area contributed by atoms with Gasteiger partial charge in [0.15, 0.2) is 6.23 Å². The quantitative estimate of drug-likeness (QED) is 0.531. The molecule has 4 atom stereocenters. The van der Waals surface area contributed by atoms with Gasteiger partial charge in [-0.15, -0.1) is 0 Å². The number of rotatable bonds is 2. The minimum Gasteiger partial charge on any atom is -0.394 e. The molecule has 0 aromatic carbocycles. The lowest BCUT2D eigenvalue weighted by molar-refractivity contribution is -0.0508. The Morgan fingerprint density at radius 1 is 1.38 bits per heavy atom. The fourth-order valence-corrected chi connectivity index (χ4v) is 2.48.